The zero-order valence-electron chi connectivity index (χ0n) is 13.5. The molecule has 4 heteroatoms. The van der Waals surface area contributed by atoms with Crippen molar-refractivity contribution in [2.45, 2.75) is 51.6 Å². The third-order valence-corrected chi connectivity index (χ3v) is 4.47. The lowest BCUT2D eigenvalue weighted by atomic mass is 9.90. The van der Waals surface area contributed by atoms with Crippen LogP contribution in [0, 0.1) is 5.92 Å². The summed E-state index contributed by atoms with van der Waals surface area (Å²) < 4.78 is 0. The maximum atomic E-state index is 13.2. The summed E-state index contributed by atoms with van der Waals surface area (Å²) in [6.07, 6.45) is 0.940. The van der Waals surface area contributed by atoms with Crippen molar-refractivity contribution in [2.24, 2.45) is 5.92 Å². The average molecular weight is 311 g/mol. The lowest BCUT2D eigenvalue weighted by Gasteiger charge is -2.35. The largest absolute Gasteiger partial charge is 1.00 e. The molecule has 1 amide bonds. The third kappa shape index (κ3) is 3.09. The lowest BCUT2D eigenvalue weighted by Crippen LogP contribution is -3.00. The first-order valence-corrected chi connectivity index (χ1v) is 7.62. The van der Waals surface area contributed by atoms with Crippen LogP contribution in [0.15, 0.2) is 30.3 Å². The fourth-order valence-corrected chi connectivity index (χ4v) is 3.45. The number of hydrogen-bond acceptors (Lipinski definition) is 1. The van der Waals surface area contributed by atoms with Crippen molar-refractivity contribution < 1.29 is 22.9 Å². The Bertz CT molecular complexity index is 467. The fraction of sp³-hybridized carbons (Fsp3) is 0.588. The quantitative estimate of drug-likeness (QED) is 0.732. The number of amides is 1. The third-order valence-electron chi connectivity index (χ3n) is 4.47. The normalized spacial score (nSPS) is 23.9. The van der Waals surface area contributed by atoms with Crippen LogP contribution in [-0.2, 0) is 10.2 Å². The van der Waals surface area contributed by atoms with Crippen molar-refractivity contribution in [1.29, 1.82) is 0 Å². The van der Waals surface area contributed by atoms with Crippen LogP contribution in [-0.4, -0.2) is 29.4 Å². The molecule has 1 aromatic rings. The van der Waals surface area contributed by atoms with E-state index in [-0.39, 0.29) is 35.8 Å². The molecule has 1 saturated carbocycles. The van der Waals surface area contributed by atoms with Gasteiger partial charge in [-0.2, -0.15) is 0 Å². The fourth-order valence-electron chi connectivity index (χ4n) is 3.45. The van der Waals surface area contributed by atoms with Gasteiger partial charge in [-0.05, 0) is 39.7 Å². The molecule has 0 bridgehead atoms. The minimum Gasteiger partial charge on any atom is -1.00 e. The van der Waals surface area contributed by atoms with E-state index in [1.165, 1.54) is 0 Å². The second-order valence-electron chi connectivity index (χ2n) is 6.43. The summed E-state index contributed by atoms with van der Waals surface area (Å²) in [6, 6.07) is 10.7. The van der Waals surface area contributed by atoms with E-state index in [9.17, 15) is 4.79 Å². The van der Waals surface area contributed by atoms with Crippen molar-refractivity contribution in [3.8, 4) is 0 Å². The van der Waals surface area contributed by atoms with Crippen LogP contribution < -0.4 is 18.1 Å². The smallest absolute Gasteiger partial charge is 0.234 e. The van der Waals surface area contributed by atoms with Crippen molar-refractivity contribution in [2.75, 3.05) is 6.54 Å². The maximum absolute atomic E-state index is 13.2. The van der Waals surface area contributed by atoms with Crippen LogP contribution in [0.4, 0.5) is 0 Å². The first kappa shape index (κ1) is 18.0. The molecule has 0 saturated heterocycles. The van der Waals surface area contributed by atoms with Crippen LogP contribution in [0.5, 0.6) is 0 Å². The standard InChI is InChI=1S/C17H26N2O.ClH/c1-12(2)19(13(3)4)16(20)17(10-15(17)11-18)14-8-6-5-7-9-14;/h5-9,12-13,15H,10-11,18H2,1-4H3;1H/t15-,17+;/m1./s1. The summed E-state index contributed by atoms with van der Waals surface area (Å²) in [5.41, 5.74) is 4.86. The summed E-state index contributed by atoms with van der Waals surface area (Å²) in [4.78, 5) is 15.2. The molecule has 1 aliphatic rings. The van der Waals surface area contributed by atoms with E-state index >= 15 is 0 Å². The van der Waals surface area contributed by atoms with Gasteiger partial charge in [-0.15, -0.1) is 0 Å². The zero-order chi connectivity index (χ0) is 14.9. The summed E-state index contributed by atoms with van der Waals surface area (Å²) in [7, 11) is 0. The highest BCUT2D eigenvalue weighted by molar-refractivity contribution is 5.92. The number of carbonyl (C=O) groups is 1. The Morgan fingerprint density at radius 2 is 1.76 bits per heavy atom. The molecule has 1 aliphatic carbocycles. The predicted molar refractivity (Wildman–Crippen MR) is 81.1 cm³/mol. The second kappa shape index (κ2) is 6.80. The molecule has 0 aromatic heterocycles. The van der Waals surface area contributed by atoms with Gasteiger partial charge in [-0.1, -0.05) is 30.3 Å². The number of halogens is 1. The van der Waals surface area contributed by atoms with E-state index in [0.717, 1.165) is 18.5 Å². The minimum absolute atomic E-state index is 0. The zero-order valence-corrected chi connectivity index (χ0v) is 14.2. The summed E-state index contributed by atoms with van der Waals surface area (Å²) in [5, 5.41) is 0. The number of carbonyl (C=O) groups excluding carboxylic acids is 1. The van der Waals surface area contributed by atoms with Gasteiger partial charge in [0.1, 0.15) is 0 Å². The topological polar surface area (TPSA) is 48.0 Å². The summed E-state index contributed by atoms with van der Waals surface area (Å²) in [5.74, 6) is 0.666. The monoisotopic (exact) mass is 310 g/mol. The number of hydrogen-bond donors (Lipinski definition) is 1. The Labute approximate surface area is 134 Å². The highest BCUT2D eigenvalue weighted by Gasteiger charge is 2.62. The molecule has 3 nitrogen and oxygen atoms in total. The van der Waals surface area contributed by atoms with E-state index in [4.69, 9.17) is 0 Å². The lowest BCUT2D eigenvalue weighted by molar-refractivity contribution is -0.373. The molecule has 0 heterocycles. The van der Waals surface area contributed by atoms with Gasteiger partial charge in [0, 0.05) is 18.0 Å². The van der Waals surface area contributed by atoms with Gasteiger partial charge >= 0.3 is 0 Å². The maximum Gasteiger partial charge on any atom is 0.234 e. The molecule has 1 fully saturated rings. The van der Waals surface area contributed by atoms with Gasteiger partial charge in [0.05, 0.1) is 12.0 Å². The molecule has 0 aliphatic heterocycles. The van der Waals surface area contributed by atoms with Gasteiger partial charge < -0.3 is 23.0 Å². The second-order valence-corrected chi connectivity index (χ2v) is 6.43. The summed E-state index contributed by atoms with van der Waals surface area (Å²) >= 11 is 0. The van der Waals surface area contributed by atoms with E-state index in [1.807, 2.05) is 23.1 Å². The van der Waals surface area contributed by atoms with E-state index in [0.29, 0.717) is 5.92 Å². The van der Waals surface area contributed by atoms with Gasteiger partial charge in [0.15, 0.2) is 0 Å². The Morgan fingerprint density at radius 3 is 2.14 bits per heavy atom. The Balaban J connectivity index is 0.00000220. The van der Waals surface area contributed by atoms with E-state index in [1.54, 1.807) is 0 Å². The Morgan fingerprint density at radius 1 is 1.24 bits per heavy atom. The van der Waals surface area contributed by atoms with Gasteiger partial charge in [-0.25, -0.2) is 0 Å². The SMILES string of the molecule is CC(C)N(C(=O)[C@]1(c2ccccc2)C[C@@H]1C[NH3+])C(C)C.[Cl-]. The molecule has 0 unspecified atom stereocenters. The minimum atomic E-state index is -0.322. The molecule has 2 atom stereocenters. The number of nitrogens with zero attached hydrogens (tertiary/aromatic N) is 1. The molecule has 0 spiro atoms. The van der Waals surface area contributed by atoms with Crippen LogP contribution in [0.3, 0.4) is 0 Å². The number of quaternary nitrogens is 1. The Kier molecular flexibility index (Phi) is 5.83. The van der Waals surface area contributed by atoms with Crippen LogP contribution in [0.1, 0.15) is 39.7 Å². The molecular weight excluding hydrogens is 284 g/mol. The van der Waals surface area contributed by atoms with Gasteiger partial charge in [-0.3, -0.25) is 4.79 Å². The predicted octanol–water partition coefficient (Wildman–Crippen LogP) is -1.16. The van der Waals surface area contributed by atoms with E-state index < -0.39 is 0 Å². The molecule has 0 radical (unpaired) electrons. The molecule has 1 aromatic carbocycles. The first-order chi connectivity index (χ1) is 9.45. The average Bonchev–Trinajstić information content (AvgIpc) is 3.14. The first-order valence-electron chi connectivity index (χ1n) is 7.62. The van der Waals surface area contributed by atoms with Crippen molar-refractivity contribution >= 4 is 5.91 Å². The van der Waals surface area contributed by atoms with Gasteiger partial charge in [0.25, 0.3) is 0 Å². The van der Waals surface area contributed by atoms with Crippen molar-refractivity contribution in [3.63, 3.8) is 0 Å². The Hall–Kier alpha value is -1.06. The van der Waals surface area contributed by atoms with Crippen LogP contribution >= 0.6 is 0 Å². The summed E-state index contributed by atoms with van der Waals surface area (Å²) in [6.45, 7) is 9.21. The molecular formula is C17H27ClN2O. The molecule has 2 rings (SSSR count). The van der Waals surface area contributed by atoms with E-state index in [2.05, 4.69) is 45.6 Å². The van der Waals surface area contributed by atoms with Crippen LogP contribution in [0.25, 0.3) is 0 Å². The number of benzene rings is 1. The molecule has 3 N–H and O–H groups in total. The van der Waals surface area contributed by atoms with Crippen molar-refractivity contribution in [3.05, 3.63) is 35.9 Å². The van der Waals surface area contributed by atoms with Crippen LogP contribution in [0.2, 0.25) is 0 Å². The highest BCUT2D eigenvalue weighted by atomic mass is 35.5. The highest BCUT2D eigenvalue weighted by Crippen LogP contribution is 2.55. The molecule has 118 valence electrons. The number of rotatable bonds is 5. The van der Waals surface area contributed by atoms with Gasteiger partial charge in [0.2, 0.25) is 5.91 Å². The molecule has 21 heavy (non-hydrogen) atoms. The van der Waals surface area contributed by atoms with Crippen molar-refractivity contribution in [1.82, 2.24) is 4.90 Å².